The number of carbonyl (C=O) groups excluding carboxylic acids is 2. The lowest BCUT2D eigenvalue weighted by Gasteiger charge is -2.29. The van der Waals surface area contributed by atoms with Gasteiger partial charge >= 0.3 is 12.1 Å². The molecule has 2 atom stereocenters. The van der Waals surface area contributed by atoms with Crippen molar-refractivity contribution >= 4 is 12.1 Å². The molecule has 0 aromatic carbocycles. The normalized spacial score (nSPS) is 12.9. The van der Waals surface area contributed by atoms with Crippen LogP contribution in [0.15, 0.2) is 0 Å². The van der Waals surface area contributed by atoms with E-state index >= 15 is 0 Å². The monoisotopic (exact) mass is 539 g/mol. The summed E-state index contributed by atoms with van der Waals surface area (Å²) in [4.78, 5) is 26.8. The van der Waals surface area contributed by atoms with E-state index in [1.807, 2.05) is 13.8 Å². The zero-order valence-corrected chi connectivity index (χ0v) is 26.4. The van der Waals surface area contributed by atoms with Gasteiger partial charge in [0.2, 0.25) is 0 Å². The molecule has 0 heterocycles. The summed E-state index contributed by atoms with van der Waals surface area (Å²) >= 11 is 0. The van der Waals surface area contributed by atoms with Crippen LogP contribution in [0.4, 0.5) is 4.79 Å². The van der Waals surface area contributed by atoms with Gasteiger partial charge in [-0.1, -0.05) is 150 Å². The average Bonchev–Trinajstić information content (AvgIpc) is 2.90. The molecule has 0 saturated carbocycles. The summed E-state index contributed by atoms with van der Waals surface area (Å²) < 4.78 is 11.1. The van der Waals surface area contributed by atoms with Crippen LogP contribution in [0.3, 0.4) is 0 Å². The summed E-state index contributed by atoms with van der Waals surface area (Å²) in [6.45, 7) is 11.3. The Labute approximate surface area is 237 Å². The number of ether oxygens (including phenoxy) is 2. The predicted octanol–water partition coefficient (Wildman–Crippen LogP) is 10.1. The second kappa shape index (κ2) is 26.0. The van der Waals surface area contributed by atoms with E-state index < -0.39 is 12.1 Å². The molecular weight excluding hydrogens is 474 g/mol. The molecule has 0 aliphatic carbocycles. The van der Waals surface area contributed by atoms with Gasteiger partial charge in [-0.25, -0.2) is 9.59 Å². The van der Waals surface area contributed by atoms with Crippen LogP contribution in [0.2, 0.25) is 0 Å². The second-order valence-corrected chi connectivity index (χ2v) is 11.8. The number of hydrogen-bond acceptors (Lipinski definition) is 4. The minimum Gasteiger partial charge on any atom is -0.464 e. The number of unbranched alkanes of at least 4 members (excludes halogenated alkanes) is 16. The van der Waals surface area contributed by atoms with Crippen LogP contribution < -0.4 is 0 Å². The molecule has 38 heavy (non-hydrogen) atoms. The summed E-state index contributed by atoms with van der Waals surface area (Å²) in [5, 5.41) is 0. The molecule has 5 heteroatoms. The Balaban J connectivity index is 3.90. The fourth-order valence-electron chi connectivity index (χ4n) is 5.09. The lowest BCUT2D eigenvalue weighted by Crippen LogP contribution is -2.47. The van der Waals surface area contributed by atoms with E-state index in [0.29, 0.717) is 19.1 Å². The van der Waals surface area contributed by atoms with E-state index in [-0.39, 0.29) is 11.9 Å². The van der Waals surface area contributed by atoms with Crippen LogP contribution >= 0.6 is 0 Å². The minimum atomic E-state index is -0.612. The summed E-state index contributed by atoms with van der Waals surface area (Å²) in [5.41, 5.74) is 0. The van der Waals surface area contributed by atoms with Gasteiger partial charge in [0.25, 0.3) is 0 Å². The smallest absolute Gasteiger partial charge is 0.410 e. The summed E-state index contributed by atoms with van der Waals surface area (Å²) in [5.74, 6) is 0.0259. The number of carbonyl (C=O) groups is 2. The molecule has 0 fully saturated rings. The van der Waals surface area contributed by atoms with Crippen LogP contribution in [-0.2, 0) is 14.3 Å². The van der Waals surface area contributed by atoms with Gasteiger partial charge in [-0.3, -0.25) is 4.90 Å². The van der Waals surface area contributed by atoms with Gasteiger partial charge in [-0.15, -0.1) is 0 Å². The molecule has 0 radical (unpaired) electrons. The van der Waals surface area contributed by atoms with E-state index in [0.717, 1.165) is 38.5 Å². The number of esters is 1. The molecule has 0 aromatic rings. The molecule has 0 rings (SSSR count). The lowest BCUT2D eigenvalue weighted by molar-refractivity contribution is -0.150. The van der Waals surface area contributed by atoms with E-state index in [4.69, 9.17) is 9.47 Å². The quantitative estimate of drug-likeness (QED) is 0.0810. The van der Waals surface area contributed by atoms with Gasteiger partial charge in [0, 0.05) is 7.05 Å². The van der Waals surface area contributed by atoms with E-state index in [1.54, 1.807) is 7.05 Å². The van der Waals surface area contributed by atoms with Crippen molar-refractivity contribution in [3.63, 3.8) is 0 Å². The Morgan fingerprint density at radius 3 is 1.50 bits per heavy atom. The van der Waals surface area contributed by atoms with E-state index in [1.165, 1.54) is 94.8 Å². The van der Waals surface area contributed by atoms with Crippen LogP contribution in [-0.4, -0.2) is 43.3 Å². The maximum atomic E-state index is 12.8. The third-order valence-electron chi connectivity index (χ3n) is 7.81. The lowest BCUT2D eigenvalue weighted by atomic mass is 10.0. The third-order valence-corrected chi connectivity index (χ3v) is 7.81. The molecule has 0 N–H and O–H groups in total. The molecule has 0 spiro atoms. The highest BCUT2D eigenvalue weighted by atomic mass is 16.6. The average molecular weight is 540 g/mol. The number of likely N-dealkylation sites (N-methyl/N-ethyl adjacent to an activating group) is 1. The molecule has 2 unspecified atom stereocenters. The Morgan fingerprint density at radius 1 is 0.632 bits per heavy atom. The Kier molecular flexibility index (Phi) is 25.1. The second-order valence-electron chi connectivity index (χ2n) is 11.8. The highest BCUT2D eigenvalue weighted by Crippen LogP contribution is 2.17. The van der Waals surface area contributed by atoms with Gasteiger partial charge < -0.3 is 9.47 Å². The van der Waals surface area contributed by atoms with Crippen LogP contribution in [0, 0.1) is 11.8 Å². The fourth-order valence-corrected chi connectivity index (χ4v) is 5.09. The van der Waals surface area contributed by atoms with Crippen LogP contribution in [0.5, 0.6) is 0 Å². The van der Waals surface area contributed by atoms with Crippen LogP contribution in [0.1, 0.15) is 163 Å². The third kappa shape index (κ3) is 19.8. The molecule has 5 nitrogen and oxygen atoms in total. The van der Waals surface area contributed by atoms with Gasteiger partial charge in [0.15, 0.2) is 0 Å². The van der Waals surface area contributed by atoms with E-state index in [2.05, 4.69) is 20.8 Å². The maximum Gasteiger partial charge on any atom is 0.410 e. The molecule has 0 bridgehead atoms. The number of rotatable bonds is 26. The minimum absolute atomic E-state index is 0.0343. The van der Waals surface area contributed by atoms with Crippen molar-refractivity contribution in [1.29, 1.82) is 0 Å². The first-order valence-electron chi connectivity index (χ1n) is 16.4. The first-order valence-corrected chi connectivity index (χ1v) is 16.4. The first-order chi connectivity index (χ1) is 18.4. The molecule has 0 aliphatic heterocycles. The van der Waals surface area contributed by atoms with Crippen molar-refractivity contribution < 1.29 is 19.1 Å². The Morgan fingerprint density at radius 2 is 1.08 bits per heavy atom. The molecule has 0 aromatic heterocycles. The van der Waals surface area contributed by atoms with Gasteiger partial charge in [0.1, 0.15) is 6.04 Å². The topological polar surface area (TPSA) is 55.8 Å². The maximum absolute atomic E-state index is 12.8. The molecule has 226 valence electrons. The molecule has 1 amide bonds. The van der Waals surface area contributed by atoms with Gasteiger partial charge in [-0.05, 0) is 24.7 Å². The highest BCUT2D eigenvalue weighted by Gasteiger charge is 2.32. The van der Waals surface area contributed by atoms with E-state index in [9.17, 15) is 9.59 Å². The van der Waals surface area contributed by atoms with Crippen molar-refractivity contribution in [2.45, 2.75) is 169 Å². The van der Waals surface area contributed by atoms with Crippen molar-refractivity contribution in [3.8, 4) is 0 Å². The number of hydrogen-bond donors (Lipinski definition) is 0. The zero-order chi connectivity index (χ0) is 28.4. The first kappa shape index (κ1) is 36.7. The SMILES string of the molecule is CCCCCCCCCCCCCCCCCCOC(=O)C(C(C)C)N(C)C(=O)OCC(CC)CCCC. The molecule has 0 saturated heterocycles. The van der Waals surface area contributed by atoms with Crippen LogP contribution in [0.25, 0.3) is 0 Å². The summed E-state index contributed by atoms with van der Waals surface area (Å²) in [7, 11) is 1.65. The van der Waals surface area contributed by atoms with Gasteiger partial charge in [-0.2, -0.15) is 0 Å². The molecular formula is C33H65NO4. The Bertz CT molecular complexity index is 551. The summed E-state index contributed by atoms with van der Waals surface area (Å²) in [6.07, 6.45) is 25.0. The summed E-state index contributed by atoms with van der Waals surface area (Å²) in [6, 6.07) is -0.612. The standard InChI is InChI=1S/C33H65NO4/c1-7-10-12-13-14-15-16-17-18-19-20-21-22-23-24-25-27-37-32(35)31(29(4)5)34(6)33(36)38-28-30(9-3)26-11-8-2/h29-31H,7-28H2,1-6H3. The highest BCUT2D eigenvalue weighted by molar-refractivity contribution is 5.81. The fraction of sp³-hybridized carbons (Fsp3) is 0.939. The number of amides is 1. The van der Waals surface area contributed by atoms with Crippen molar-refractivity contribution in [1.82, 2.24) is 4.90 Å². The molecule has 0 aliphatic rings. The van der Waals surface area contributed by atoms with Crippen molar-refractivity contribution in [2.75, 3.05) is 20.3 Å². The van der Waals surface area contributed by atoms with Crippen molar-refractivity contribution in [3.05, 3.63) is 0 Å². The van der Waals surface area contributed by atoms with Crippen molar-refractivity contribution in [2.24, 2.45) is 11.8 Å². The predicted molar refractivity (Wildman–Crippen MR) is 162 cm³/mol. The largest absolute Gasteiger partial charge is 0.464 e. The Hall–Kier alpha value is -1.26. The van der Waals surface area contributed by atoms with Gasteiger partial charge in [0.05, 0.1) is 13.2 Å². The number of nitrogens with zero attached hydrogens (tertiary/aromatic N) is 1. The zero-order valence-electron chi connectivity index (χ0n) is 26.4.